The lowest BCUT2D eigenvalue weighted by Gasteiger charge is -2.06. The number of amides is 1. The highest BCUT2D eigenvalue weighted by Crippen LogP contribution is 2.15. The fourth-order valence-corrected chi connectivity index (χ4v) is 2.75. The van der Waals surface area contributed by atoms with E-state index in [-0.39, 0.29) is 17.2 Å². The van der Waals surface area contributed by atoms with E-state index in [1.807, 2.05) is 24.3 Å². The van der Waals surface area contributed by atoms with Gasteiger partial charge in [-0.05, 0) is 24.1 Å². The summed E-state index contributed by atoms with van der Waals surface area (Å²) in [5, 5.41) is 3.20. The summed E-state index contributed by atoms with van der Waals surface area (Å²) in [6, 6.07) is 7.71. The van der Waals surface area contributed by atoms with Crippen molar-refractivity contribution in [2.75, 3.05) is 11.1 Å². The van der Waals surface area contributed by atoms with Crippen LogP contribution in [0.25, 0.3) is 11.2 Å². The number of carbonyl (C=O) groups excluding carboxylic acids is 1. The van der Waals surface area contributed by atoms with Crippen molar-refractivity contribution in [2.24, 2.45) is 0 Å². The maximum atomic E-state index is 12.0. The third-order valence-corrected chi connectivity index (χ3v) is 4.11. The molecule has 0 unspecified atom stereocenters. The molecule has 0 atom stereocenters. The Hall–Kier alpha value is -2.61. The topological polar surface area (TPSA) is 104 Å². The summed E-state index contributed by atoms with van der Waals surface area (Å²) in [4.78, 5) is 37.3. The number of anilines is 1. The van der Waals surface area contributed by atoms with E-state index in [9.17, 15) is 9.59 Å². The maximum Gasteiger partial charge on any atom is 0.277 e. The van der Waals surface area contributed by atoms with Gasteiger partial charge in [0.25, 0.3) is 5.56 Å². The third kappa shape index (κ3) is 3.59. The van der Waals surface area contributed by atoms with E-state index in [0.29, 0.717) is 16.3 Å². The standard InChI is InChI=1S/C15H15N5O2S/c1-2-9-4-3-5-10(6-9)18-11(21)7-23-15-19-13-12(14(22)20-15)16-8-17-13/h3-6,8H,2,7H2,1H3,(H,18,21)(H2,16,17,19,20,22). The third-order valence-electron chi connectivity index (χ3n) is 3.23. The smallest absolute Gasteiger partial charge is 0.277 e. The molecule has 23 heavy (non-hydrogen) atoms. The monoisotopic (exact) mass is 329 g/mol. The number of nitrogens with zero attached hydrogens (tertiary/aromatic N) is 2. The number of fused-ring (bicyclic) bond motifs is 1. The minimum absolute atomic E-state index is 0.148. The molecule has 0 saturated heterocycles. The summed E-state index contributed by atoms with van der Waals surface area (Å²) in [6.07, 6.45) is 2.32. The van der Waals surface area contributed by atoms with Crippen LogP contribution < -0.4 is 10.9 Å². The summed E-state index contributed by atoms with van der Waals surface area (Å²) >= 11 is 1.16. The molecule has 3 aromatic rings. The lowest BCUT2D eigenvalue weighted by atomic mass is 10.1. The molecule has 0 bridgehead atoms. The molecular formula is C15H15N5O2S. The number of thioether (sulfide) groups is 1. The van der Waals surface area contributed by atoms with Crippen LogP contribution in [-0.4, -0.2) is 31.6 Å². The molecule has 0 aliphatic carbocycles. The Morgan fingerprint density at radius 2 is 2.26 bits per heavy atom. The number of benzene rings is 1. The predicted molar refractivity (Wildman–Crippen MR) is 89.7 cm³/mol. The van der Waals surface area contributed by atoms with Crippen LogP contribution in [-0.2, 0) is 11.2 Å². The first-order valence-corrected chi connectivity index (χ1v) is 8.09. The van der Waals surface area contributed by atoms with Gasteiger partial charge in [-0.1, -0.05) is 30.8 Å². The molecular weight excluding hydrogens is 314 g/mol. The van der Waals surface area contributed by atoms with Crippen LogP contribution in [0.15, 0.2) is 40.5 Å². The minimum atomic E-state index is -0.300. The van der Waals surface area contributed by atoms with Gasteiger partial charge < -0.3 is 10.3 Å². The minimum Gasteiger partial charge on any atom is -0.339 e. The number of nitrogens with one attached hydrogen (secondary N) is 3. The van der Waals surface area contributed by atoms with E-state index in [1.165, 1.54) is 6.33 Å². The molecule has 8 heteroatoms. The van der Waals surface area contributed by atoms with Crippen LogP contribution in [0.3, 0.4) is 0 Å². The van der Waals surface area contributed by atoms with E-state index in [2.05, 4.69) is 32.2 Å². The fourth-order valence-electron chi connectivity index (χ4n) is 2.09. The Morgan fingerprint density at radius 1 is 1.39 bits per heavy atom. The van der Waals surface area contributed by atoms with Crippen molar-refractivity contribution in [1.29, 1.82) is 0 Å². The van der Waals surface area contributed by atoms with E-state index in [0.717, 1.165) is 29.4 Å². The van der Waals surface area contributed by atoms with Crippen LogP contribution in [0.2, 0.25) is 0 Å². The quantitative estimate of drug-likeness (QED) is 0.490. The van der Waals surface area contributed by atoms with Crippen LogP contribution in [0.4, 0.5) is 5.69 Å². The molecule has 0 spiro atoms. The Morgan fingerprint density at radius 3 is 3.09 bits per heavy atom. The van der Waals surface area contributed by atoms with Gasteiger partial charge in [-0.15, -0.1) is 0 Å². The summed E-state index contributed by atoms with van der Waals surface area (Å²) in [6.45, 7) is 2.06. The molecule has 3 rings (SSSR count). The summed E-state index contributed by atoms with van der Waals surface area (Å²) in [7, 11) is 0. The lowest BCUT2D eigenvalue weighted by molar-refractivity contribution is -0.113. The molecule has 2 heterocycles. The van der Waals surface area contributed by atoms with Crippen molar-refractivity contribution in [1.82, 2.24) is 19.9 Å². The molecule has 2 aromatic heterocycles. The van der Waals surface area contributed by atoms with Gasteiger partial charge in [0.1, 0.15) is 0 Å². The zero-order valence-electron chi connectivity index (χ0n) is 12.4. The molecule has 0 aliphatic rings. The number of aryl methyl sites for hydroxylation is 1. The summed E-state index contributed by atoms with van der Waals surface area (Å²) in [5.74, 6) is -0.0112. The first-order valence-electron chi connectivity index (χ1n) is 7.10. The molecule has 3 N–H and O–H groups in total. The highest BCUT2D eigenvalue weighted by Gasteiger charge is 2.09. The van der Waals surface area contributed by atoms with Gasteiger partial charge in [-0.25, -0.2) is 9.97 Å². The first kappa shape index (κ1) is 15.3. The van der Waals surface area contributed by atoms with Crippen molar-refractivity contribution < 1.29 is 4.79 Å². The van der Waals surface area contributed by atoms with Crippen molar-refractivity contribution >= 4 is 34.5 Å². The summed E-state index contributed by atoms with van der Waals surface area (Å²) in [5.41, 5.74) is 2.29. The molecule has 1 amide bonds. The van der Waals surface area contributed by atoms with E-state index < -0.39 is 0 Å². The molecule has 0 saturated carbocycles. The molecule has 0 fully saturated rings. The number of carbonyl (C=O) groups is 1. The van der Waals surface area contributed by atoms with Gasteiger partial charge in [0.15, 0.2) is 16.3 Å². The number of hydrogen-bond donors (Lipinski definition) is 3. The molecule has 0 aliphatic heterocycles. The van der Waals surface area contributed by atoms with Gasteiger partial charge in [0.05, 0.1) is 12.1 Å². The number of imidazole rings is 1. The second-order valence-electron chi connectivity index (χ2n) is 4.86. The van der Waals surface area contributed by atoms with E-state index in [1.54, 1.807) is 0 Å². The van der Waals surface area contributed by atoms with Crippen molar-refractivity contribution in [2.45, 2.75) is 18.5 Å². The highest BCUT2D eigenvalue weighted by atomic mass is 32.2. The number of aromatic nitrogens is 4. The Labute approximate surface area is 135 Å². The average molecular weight is 329 g/mol. The zero-order chi connectivity index (χ0) is 16.2. The van der Waals surface area contributed by atoms with Crippen LogP contribution in [0.1, 0.15) is 12.5 Å². The molecule has 7 nitrogen and oxygen atoms in total. The van der Waals surface area contributed by atoms with Gasteiger partial charge in [-0.3, -0.25) is 14.6 Å². The van der Waals surface area contributed by atoms with Crippen LogP contribution >= 0.6 is 11.8 Å². The average Bonchev–Trinajstić information content (AvgIpc) is 3.02. The van der Waals surface area contributed by atoms with Crippen LogP contribution in [0, 0.1) is 0 Å². The number of aromatic amines is 2. The molecule has 118 valence electrons. The summed E-state index contributed by atoms with van der Waals surface area (Å²) < 4.78 is 0. The normalized spacial score (nSPS) is 10.8. The fraction of sp³-hybridized carbons (Fsp3) is 0.200. The number of hydrogen-bond acceptors (Lipinski definition) is 5. The molecule has 0 radical (unpaired) electrons. The van der Waals surface area contributed by atoms with Crippen LogP contribution in [0.5, 0.6) is 0 Å². The number of H-pyrrole nitrogens is 2. The van der Waals surface area contributed by atoms with Crippen molar-refractivity contribution in [3.05, 3.63) is 46.5 Å². The van der Waals surface area contributed by atoms with Gasteiger partial charge >= 0.3 is 0 Å². The second-order valence-corrected chi connectivity index (χ2v) is 5.83. The maximum absolute atomic E-state index is 12.0. The van der Waals surface area contributed by atoms with Crippen molar-refractivity contribution in [3.63, 3.8) is 0 Å². The predicted octanol–water partition coefficient (Wildman–Crippen LogP) is 1.94. The van der Waals surface area contributed by atoms with Gasteiger partial charge in [0.2, 0.25) is 5.91 Å². The first-order chi connectivity index (χ1) is 11.2. The lowest BCUT2D eigenvalue weighted by Crippen LogP contribution is -2.15. The number of rotatable bonds is 5. The second kappa shape index (κ2) is 6.66. The Kier molecular flexibility index (Phi) is 4.42. The van der Waals surface area contributed by atoms with Gasteiger partial charge in [0, 0.05) is 5.69 Å². The zero-order valence-corrected chi connectivity index (χ0v) is 13.2. The SMILES string of the molecule is CCc1cccc(NC(=O)CSc2nc3nc[nH]c3c(=O)[nH]2)c1. The Balaban J connectivity index is 1.64. The highest BCUT2D eigenvalue weighted by molar-refractivity contribution is 7.99. The Bertz CT molecular complexity index is 902. The van der Waals surface area contributed by atoms with Gasteiger partial charge in [-0.2, -0.15) is 0 Å². The van der Waals surface area contributed by atoms with Crippen molar-refractivity contribution in [3.8, 4) is 0 Å². The van der Waals surface area contributed by atoms with E-state index >= 15 is 0 Å². The molecule has 1 aromatic carbocycles. The largest absolute Gasteiger partial charge is 0.339 e. The van der Waals surface area contributed by atoms with E-state index in [4.69, 9.17) is 0 Å².